The molecule has 2 N–H and O–H groups in total. The Balaban J connectivity index is 1.45. The quantitative estimate of drug-likeness (QED) is 0.772. The summed E-state index contributed by atoms with van der Waals surface area (Å²) >= 11 is 0. The summed E-state index contributed by atoms with van der Waals surface area (Å²) in [6, 6.07) is 16.6. The molecule has 2 aromatic carbocycles. The number of ether oxygens (including phenoxy) is 1. The highest BCUT2D eigenvalue weighted by molar-refractivity contribution is 5.85. The maximum atomic E-state index is 6.30. The van der Waals surface area contributed by atoms with Crippen molar-refractivity contribution in [2.45, 2.75) is 32.9 Å². The SMILES string of the molecule is Cc1ccc(CN2CCC(Oc3cccc4ccc(N)nc34)C2)c(C)c1. The second-order valence-electron chi connectivity index (χ2n) is 7.26. The molecule has 4 rings (SSSR count). The molecule has 1 unspecified atom stereocenters. The number of nitrogens with zero attached hydrogens (tertiary/aromatic N) is 2. The number of nitrogens with two attached hydrogens (primary N) is 1. The molecule has 134 valence electrons. The van der Waals surface area contributed by atoms with E-state index in [1.54, 1.807) is 0 Å². The molecule has 1 aromatic heterocycles. The maximum Gasteiger partial charge on any atom is 0.146 e. The number of aryl methyl sites for hydroxylation is 2. The summed E-state index contributed by atoms with van der Waals surface area (Å²) in [6.45, 7) is 7.30. The molecule has 4 nitrogen and oxygen atoms in total. The molecule has 1 saturated heterocycles. The van der Waals surface area contributed by atoms with E-state index in [0.717, 1.165) is 42.7 Å². The largest absolute Gasteiger partial charge is 0.487 e. The Kier molecular flexibility index (Phi) is 4.51. The summed E-state index contributed by atoms with van der Waals surface area (Å²) in [4.78, 5) is 6.93. The first-order valence-corrected chi connectivity index (χ1v) is 9.19. The number of fused-ring (bicyclic) bond motifs is 1. The van der Waals surface area contributed by atoms with Gasteiger partial charge in [-0.2, -0.15) is 0 Å². The number of likely N-dealkylation sites (tertiary alicyclic amines) is 1. The van der Waals surface area contributed by atoms with E-state index in [0.29, 0.717) is 5.82 Å². The fourth-order valence-corrected chi connectivity index (χ4v) is 3.71. The van der Waals surface area contributed by atoms with Crippen LogP contribution in [0, 0.1) is 13.8 Å². The predicted molar refractivity (Wildman–Crippen MR) is 106 cm³/mol. The average Bonchev–Trinajstić information content (AvgIpc) is 3.05. The lowest BCUT2D eigenvalue weighted by Crippen LogP contribution is -2.25. The molecule has 1 fully saturated rings. The smallest absolute Gasteiger partial charge is 0.146 e. The molecular formula is C22H25N3O. The molecule has 26 heavy (non-hydrogen) atoms. The Labute approximate surface area is 154 Å². The van der Waals surface area contributed by atoms with Gasteiger partial charge in [0.2, 0.25) is 0 Å². The first-order valence-electron chi connectivity index (χ1n) is 9.19. The van der Waals surface area contributed by atoms with Crippen molar-refractivity contribution in [2.24, 2.45) is 0 Å². The lowest BCUT2D eigenvalue weighted by molar-refractivity contribution is 0.200. The van der Waals surface area contributed by atoms with Gasteiger partial charge in [-0.25, -0.2) is 4.98 Å². The predicted octanol–water partition coefficient (Wildman–Crippen LogP) is 4.09. The van der Waals surface area contributed by atoms with Crippen LogP contribution in [0.3, 0.4) is 0 Å². The number of benzene rings is 2. The second-order valence-corrected chi connectivity index (χ2v) is 7.26. The van der Waals surface area contributed by atoms with Crippen molar-refractivity contribution < 1.29 is 4.74 Å². The fourth-order valence-electron chi connectivity index (χ4n) is 3.71. The van der Waals surface area contributed by atoms with Gasteiger partial charge in [0, 0.05) is 25.0 Å². The topological polar surface area (TPSA) is 51.4 Å². The molecule has 0 amide bonds. The zero-order chi connectivity index (χ0) is 18.1. The van der Waals surface area contributed by atoms with E-state index >= 15 is 0 Å². The summed E-state index contributed by atoms with van der Waals surface area (Å²) in [7, 11) is 0. The highest BCUT2D eigenvalue weighted by atomic mass is 16.5. The minimum atomic E-state index is 0.189. The number of rotatable bonds is 4. The Hall–Kier alpha value is -2.59. The summed E-state index contributed by atoms with van der Waals surface area (Å²) in [6.07, 6.45) is 1.22. The van der Waals surface area contributed by atoms with E-state index < -0.39 is 0 Å². The molecule has 0 aliphatic carbocycles. The van der Waals surface area contributed by atoms with Gasteiger partial charge < -0.3 is 10.5 Å². The monoisotopic (exact) mass is 347 g/mol. The molecule has 1 aliphatic rings. The molecule has 0 radical (unpaired) electrons. The summed E-state index contributed by atoms with van der Waals surface area (Å²) in [5.74, 6) is 1.35. The summed E-state index contributed by atoms with van der Waals surface area (Å²) in [5.41, 5.74) is 10.8. The van der Waals surface area contributed by atoms with E-state index in [1.165, 1.54) is 16.7 Å². The minimum absolute atomic E-state index is 0.189. The molecule has 4 heteroatoms. The van der Waals surface area contributed by atoms with Crippen LogP contribution in [0.1, 0.15) is 23.1 Å². The molecule has 3 aromatic rings. The second kappa shape index (κ2) is 6.96. The van der Waals surface area contributed by atoms with Gasteiger partial charge in [0.25, 0.3) is 0 Å². The van der Waals surface area contributed by atoms with Gasteiger partial charge in [-0.05, 0) is 49.6 Å². The van der Waals surface area contributed by atoms with Crippen LogP contribution in [-0.4, -0.2) is 29.1 Å². The van der Waals surface area contributed by atoms with Crippen LogP contribution in [0.25, 0.3) is 10.9 Å². The third-order valence-electron chi connectivity index (χ3n) is 5.12. The molecule has 0 spiro atoms. The van der Waals surface area contributed by atoms with Gasteiger partial charge >= 0.3 is 0 Å². The van der Waals surface area contributed by atoms with Crippen molar-refractivity contribution in [1.29, 1.82) is 0 Å². The minimum Gasteiger partial charge on any atom is -0.487 e. The molecule has 0 saturated carbocycles. The molecule has 0 bridgehead atoms. The summed E-state index contributed by atoms with van der Waals surface area (Å²) < 4.78 is 6.30. The van der Waals surface area contributed by atoms with Crippen molar-refractivity contribution >= 4 is 16.7 Å². The third-order valence-corrected chi connectivity index (χ3v) is 5.12. The van der Waals surface area contributed by atoms with Gasteiger partial charge in [-0.1, -0.05) is 35.9 Å². The van der Waals surface area contributed by atoms with Gasteiger partial charge in [-0.3, -0.25) is 4.90 Å². The van der Waals surface area contributed by atoms with E-state index in [-0.39, 0.29) is 6.10 Å². The number of para-hydroxylation sites is 1. The van der Waals surface area contributed by atoms with Gasteiger partial charge in [-0.15, -0.1) is 0 Å². The van der Waals surface area contributed by atoms with Crippen LogP contribution in [0.5, 0.6) is 5.75 Å². The highest BCUT2D eigenvalue weighted by Gasteiger charge is 2.25. The van der Waals surface area contributed by atoms with Crippen molar-refractivity contribution in [3.63, 3.8) is 0 Å². The van der Waals surface area contributed by atoms with Crippen molar-refractivity contribution in [3.8, 4) is 5.75 Å². The molecular weight excluding hydrogens is 322 g/mol. The first kappa shape index (κ1) is 16.9. The zero-order valence-corrected chi connectivity index (χ0v) is 15.4. The zero-order valence-electron chi connectivity index (χ0n) is 15.4. The maximum absolute atomic E-state index is 6.30. The number of hydrogen-bond donors (Lipinski definition) is 1. The van der Waals surface area contributed by atoms with E-state index in [4.69, 9.17) is 10.5 Å². The van der Waals surface area contributed by atoms with Crippen LogP contribution < -0.4 is 10.5 Å². The number of pyridine rings is 1. The van der Waals surface area contributed by atoms with Gasteiger partial charge in [0.05, 0.1) is 0 Å². The van der Waals surface area contributed by atoms with Crippen LogP contribution in [0.15, 0.2) is 48.5 Å². The Morgan fingerprint density at radius 1 is 1.15 bits per heavy atom. The van der Waals surface area contributed by atoms with Gasteiger partial charge in [0.15, 0.2) is 0 Å². The van der Waals surface area contributed by atoms with E-state index in [1.807, 2.05) is 30.3 Å². The Morgan fingerprint density at radius 2 is 2.04 bits per heavy atom. The standard InChI is InChI=1S/C22H25N3O/c1-15-6-7-18(16(2)12-15)13-25-11-10-19(14-25)26-20-5-3-4-17-8-9-21(23)24-22(17)20/h3-9,12,19H,10-11,13-14H2,1-2H3,(H2,23,24). The number of aromatic nitrogens is 1. The lowest BCUT2D eigenvalue weighted by Gasteiger charge is -2.19. The molecule has 2 heterocycles. The van der Waals surface area contributed by atoms with Crippen LogP contribution in [-0.2, 0) is 6.54 Å². The normalized spacial score (nSPS) is 17.7. The van der Waals surface area contributed by atoms with Crippen LogP contribution in [0.2, 0.25) is 0 Å². The van der Waals surface area contributed by atoms with Crippen LogP contribution in [0.4, 0.5) is 5.82 Å². The van der Waals surface area contributed by atoms with Crippen molar-refractivity contribution in [2.75, 3.05) is 18.8 Å². The average molecular weight is 347 g/mol. The number of hydrogen-bond acceptors (Lipinski definition) is 4. The molecule has 1 aliphatic heterocycles. The number of nitrogen functional groups attached to an aromatic ring is 1. The number of anilines is 1. The van der Waals surface area contributed by atoms with Crippen molar-refractivity contribution in [3.05, 3.63) is 65.2 Å². The van der Waals surface area contributed by atoms with E-state index in [2.05, 4.69) is 41.9 Å². The van der Waals surface area contributed by atoms with E-state index in [9.17, 15) is 0 Å². The fraction of sp³-hybridized carbons (Fsp3) is 0.318. The third kappa shape index (κ3) is 3.51. The van der Waals surface area contributed by atoms with Crippen LogP contribution >= 0.6 is 0 Å². The highest BCUT2D eigenvalue weighted by Crippen LogP contribution is 2.28. The first-order chi connectivity index (χ1) is 12.6. The Bertz CT molecular complexity index is 938. The summed E-state index contributed by atoms with van der Waals surface area (Å²) in [5, 5.41) is 1.06. The molecule has 1 atom stereocenters. The lowest BCUT2D eigenvalue weighted by atomic mass is 10.1. The van der Waals surface area contributed by atoms with Gasteiger partial charge in [0.1, 0.15) is 23.2 Å². The van der Waals surface area contributed by atoms with Crippen molar-refractivity contribution in [1.82, 2.24) is 9.88 Å². The Morgan fingerprint density at radius 3 is 2.88 bits per heavy atom.